The van der Waals surface area contributed by atoms with Crippen molar-refractivity contribution >= 4 is 17.5 Å². The van der Waals surface area contributed by atoms with Crippen molar-refractivity contribution in [2.45, 2.75) is 0 Å². The Balaban J connectivity index is 1.45. The van der Waals surface area contributed by atoms with E-state index >= 15 is 0 Å². The molecule has 0 atom stereocenters. The van der Waals surface area contributed by atoms with Crippen LogP contribution in [0.3, 0.4) is 0 Å². The molecule has 4 rings (SSSR count). The Hall–Kier alpha value is -3.65. The minimum Gasteiger partial charge on any atom is -0.497 e. The Morgan fingerprint density at radius 2 is 1.83 bits per heavy atom. The standard InChI is InChI=1S/C22H22N4O4/c1-29-19-7-5-18(6-8-19)26-10-9-20(24-26)21(27)23-17-4-2-3-16(15-17)22(28)25-11-13-30-14-12-25/h2-10,15H,11-14H2,1H3,(H,23,27). The Morgan fingerprint density at radius 3 is 2.57 bits per heavy atom. The van der Waals surface area contributed by atoms with Gasteiger partial charge in [-0.05, 0) is 48.5 Å². The molecule has 0 radical (unpaired) electrons. The number of nitrogens with zero attached hydrogens (tertiary/aromatic N) is 3. The van der Waals surface area contributed by atoms with Crippen LogP contribution in [-0.4, -0.2) is 59.9 Å². The van der Waals surface area contributed by atoms with Crippen molar-refractivity contribution in [2.24, 2.45) is 0 Å². The maximum Gasteiger partial charge on any atom is 0.276 e. The van der Waals surface area contributed by atoms with Gasteiger partial charge in [-0.2, -0.15) is 5.10 Å². The van der Waals surface area contributed by atoms with Crippen molar-refractivity contribution in [1.82, 2.24) is 14.7 Å². The van der Waals surface area contributed by atoms with Crippen molar-refractivity contribution in [3.8, 4) is 11.4 Å². The minimum atomic E-state index is -0.349. The molecule has 1 saturated heterocycles. The number of aromatic nitrogens is 2. The Labute approximate surface area is 174 Å². The molecule has 0 aliphatic carbocycles. The van der Waals surface area contributed by atoms with Crippen molar-refractivity contribution in [3.63, 3.8) is 0 Å². The maximum absolute atomic E-state index is 12.6. The minimum absolute atomic E-state index is 0.0711. The average Bonchev–Trinajstić information content (AvgIpc) is 3.30. The normalized spacial score (nSPS) is 13.7. The lowest BCUT2D eigenvalue weighted by Gasteiger charge is -2.27. The van der Waals surface area contributed by atoms with Crippen LogP contribution in [0.25, 0.3) is 5.69 Å². The highest BCUT2D eigenvalue weighted by Gasteiger charge is 2.19. The number of amides is 2. The summed E-state index contributed by atoms with van der Waals surface area (Å²) >= 11 is 0. The third kappa shape index (κ3) is 4.33. The summed E-state index contributed by atoms with van der Waals surface area (Å²) in [4.78, 5) is 27.0. The van der Waals surface area contributed by atoms with Crippen LogP contribution in [0.5, 0.6) is 5.75 Å². The van der Waals surface area contributed by atoms with E-state index in [1.54, 1.807) is 53.2 Å². The molecule has 2 heterocycles. The molecule has 2 aromatic carbocycles. The Morgan fingerprint density at radius 1 is 1.07 bits per heavy atom. The van der Waals surface area contributed by atoms with E-state index in [4.69, 9.17) is 9.47 Å². The van der Waals surface area contributed by atoms with Gasteiger partial charge in [-0.3, -0.25) is 9.59 Å². The van der Waals surface area contributed by atoms with Gasteiger partial charge in [-0.1, -0.05) is 6.07 Å². The summed E-state index contributed by atoms with van der Waals surface area (Å²) in [7, 11) is 1.61. The van der Waals surface area contributed by atoms with Gasteiger partial charge >= 0.3 is 0 Å². The zero-order valence-electron chi connectivity index (χ0n) is 16.6. The number of hydrogen-bond donors (Lipinski definition) is 1. The van der Waals surface area contributed by atoms with Crippen LogP contribution in [0.15, 0.2) is 60.8 Å². The van der Waals surface area contributed by atoms with Crippen molar-refractivity contribution in [1.29, 1.82) is 0 Å². The summed E-state index contributed by atoms with van der Waals surface area (Å²) < 4.78 is 12.1. The van der Waals surface area contributed by atoms with Gasteiger partial charge in [0.25, 0.3) is 11.8 Å². The fraction of sp³-hybridized carbons (Fsp3) is 0.227. The van der Waals surface area contributed by atoms with E-state index in [1.807, 2.05) is 24.3 Å². The van der Waals surface area contributed by atoms with E-state index in [-0.39, 0.29) is 17.5 Å². The highest BCUT2D eigenvalue weighted by Crippen LogP contribution is 2.17. The molecule has 1 N–H and O–H groups in total. The Kier molecular flexibility index (Phi) is 5.76. The average molecular weight is 406 g/mol. The highest BCUT2D eigenvalue weighted by atomic mass is 16.5. The number of morpholine rings is 1. The van der Waals surface area contributed by atoms with E-state index in [0.29, 0.717) is 37.6 Å². The summed E-state index contributed by atoms with van der Waals surface area (Å²) in [6, 6.07) is 15.9. The number of hydrogen-bond acceptors (Lipinski definition) is 5. The fourth-order valence-corrected chi connectivity index (χ4v) is 3.20. The molecule has 154 valence electrons. The lowest BCUT2D eigenvalue weighted by molar-refractivity contribution is 0.0303. The number of methoxy groups -OCH3 is 1. The smallest absolute Gasteiger partial charge is 0.276 e. The van der Waals surface area contributed by atoms with E-state index in [0.717, 1.165) is 11.4 Å². The second kappa shape index (κ2) is 8.79. The van der Waals surface area contributed by atoms with Gasteiger partial charge in [-0.15, -0.1) is 0 Å². The lowest BCUT2D eigenvalue weighted by Crippen LogP contribution is -2.40. The quantitative estimate of drug-likeness (QED) is 0.704. The number of carbonyl (C=O) groups is 2. The zero-order chi connectivity index (χ0) is 20.9. The van der Waals surface area contributed by atoms with Crippen LogP contribution in [0, 0.1) is 0 Å². The number of ether oxygens (including phenoxy) is 2. The van der Waals surface area contributed by atoms with Crippen molar-refractivity contribution in [2.75, 3.05) is 38.7 Å². The lowest BCUT2D eigenvalue weighted by atomic mass is 10.1. The molecule has 2 amide bonds. The highest BCUT2D eigenvalue weighted by molar-refractivity contribution is 6.03. The van der Waals surface area contributed by atoms with Crippen LogP contribution in [-0.2, 0) is 4.74 Å². The maximum atomic E-state index is 12.6. The predicted molar refractivity (Wildman–Crippen MR) is 111 cm³/mol. The molecule has 0 spiro atoms. The first-order valence-electron chi connectivity index (χ1n) is 9.62. The van der Waals surface area contributed by atoms with E-state index in [1.165, 1.54) is 0 Å². The molecular weight excluding hydrogens is 384 g/mol. The predicted octanol–water partition coefficient (Wildman–Crippen LogP) is 2.61. The van der Waals surface area contributed by atoms with Crippen LogP contribution in [0.1, 0.15) is 20.8 Å². The molecular formula is C22H22N4O4. The zero-order valence-corrected chi connectivity index (χ0v) is 16.6. The SMILES string of the molecule is COc1ccc(-n2ccc(C(=O)Nc3cccc(C(=O)N4CCOCC4)c3)n2)cc1. The van der Waals surface area contributed by atoms with Gasteiger partial charge in [0.1, 0.15) is 5.75 Å². The van der Waals surface area contributed by atoms with Crippen molar-refractivity contribution < 1.29 is 19.1 Å². The van der Waals surface area contributed by atoms with Crippen LogP contribution in [0.4, 0.5) is 5.69 Å². The van der Waals surface area contributed by atoms with Gasteiger partial charge in [0, 0.05) is 30.5 Å². The largest absolute Gasteiger partial charge is 0.497 e. The summed E-state index contributed by atoms with van der Waals surface area (Å²) in [5, 5.41) is 7.15. The van der Waals surface area contributed by atoms with Gasteiger partial charge in [0.2, 0.25) is 0 Å². The van der Waals surface area contributed by atoms with Crippen LogP contribution < -0.4 is 10.1 Å². The monoisotopic (exact) mass is 406 g/mol. The molecule has 1 fully saturated rings. The first-order chi connectivity index (χ1) is 14.6. The molecule has 1 aliphatic rings. The van der Waals surface area contributed by atoms with Gasteiger partial charge in [-0.25, -0.2) is 4.68 Å². The Bertz CT molecular complexity index is 1040. The topological polar surface area (TPSA) is 85.7 Å². The third-order valence-electron chi connectivity index (χ3n) is 4.82. The second-order valence-corrected chi connectivity index (χ2v) is 6.78. The number of benzene rings is 2. The number of rotatable bonds is 5. The van der Waals surface area contributed by atoms with Crippen molar-refractivity contribution in [3.05, 3.63) is 72.1 Å². The molecule has 1 aliphatic heterocycles. The molecule has 8 heteroatoms. The van der Waals surface area contributed by atoms with Gasteiger partial charge in [0.15, 0.2) is 5.69 Å². The first-order valence-corrected chi connectivity index (χ1v) is 9.62. The molecule has 1 aromatic heterocycles. The summed E-state index contributed by atoms with van der Waals surface area (Å²) in [5.74, 6) is 0.326. The summed E-state index contributed by atoms with van der Waals surface area (Å²) in [5.41, 5.74) is 2.15. The first kappa shape index (κ1) is 19.7. The second-order valence-electron chi connectivity index (χ2n) is 6.78. The number of nitrogens with one attached hydrogen (secondary N) is 1. The van der Waals surface area contributed by atoms with E-state index in [9.17, 15) is 9.59 Å². The summed E-state index contributed by atoms with van der Waals surface area (Å²) in [6.07, 6.45) is 1.72. The van der Waals surface area contributed by atoms with Crippen LogP contribution in [0.2, 0.25) is 0 Å². The molecule has 0 unspecified atom stereocenters. The molecule has 8 nitrogen and oxygen atoms in total. The van der Waals surface area contributed by atoms with Gasteiger partial charge in [0.05, 0.1) is 26.0 Å². The third-order valence-corrected chi connectivity index (χ3v) is 4.82. The van der Waals surface area contributed by atoms with Crippen LogP contribution >= 0.6 is 0 Å². The molecule has 0 saturated carbocycles. The van der Waals surface area contributed by atoms with E-state index in [2.05, 4.69) is 10.4 Å². The molecule has 3 aromatic rings. The summed E-state index contributed by atoms with van der Waals surface area (Å²) in [6.45, 7) is 2.22. The van der Waals surface area contributed by atoms with E-state index < -0.39 is 0 Å². The van der Waals surface area contributed by atoms with Gasteiger partial charge < -0.3 is 19.7 Å². The molecule has 0 bridgehead atoms. The number of anilines is 1. The number of carbonyl (C=O) groups excluding carboxylic acids is 2. The molecule has 30 heavy (non-hydrogen) atoms. The fourth-order valence-electron chi connectivity index (χ4n) is 3.20.